The number of unbranched alkanes of at least 4 members (excludes halogenated alkanes) is 12. The van der Waals surface area contributed by atoms with Gasteiger partial charge in [-0.1, -0.05) is 90.4 Å². The van der Waals surface area contributed by atoms with Crippen LogP contribution in [0.5, 0.6) is 0 Å². The van der Waals surface area contributed by atoms with Crippen LogP contribution in [0.25, 0.3) is 0 Å². The van der Waals surface area contributed by atoms with Crippen molar-refractivity contribution in [3.8, 4) is 0 Å². The summed E-state index contributed by atoms with van der Waals surface area (Å²) in [6.45, 7) is 2.90. The number of carbonyl (C=O) groups is 1. The van der Waals surface area contributed by atoms with E-state index in [9.17, 15) is 4.79 Å². The number of primary amides is 1. The molecule has 1 atom stereocenters. The summed E-state index contributed by atoms with van der Waals surface area (Å²) >= 11 is 0. The highest BCUT2D eigenvalue weighted by Gasteiger charge is 2.14. The van der Waals surface area contributed by atoms with Crippen molar-refractivity contribution in [1.82, 2.24) is 0 Å². The van der Waals surface area contributed by atoms with Crippen LogP contribution in [0, 0.1) is 5.92 Å². The molecule has 26 heavy (non-hydrogen) atoms. The van der Waals surface area contributed by atoms with Crippen LogP contribution < -0.4 is 17.2 Å². The summed E-state index contributed by atoms with van der Waals surface area (Å²) in [6, 6.07) is 0. The van der Waals surface area contributed by atoms with Gasteiger partial charge >= 0.3 is 0 Å². The summed E-state index contributed by atoms with van der Waals surface area (Å²) in [5, 5.41) is 0. The third-order valence-corrected chi connectivity index (χ3v) is 5.06. The van der Waals surface area contributed by atoms with Gasteiger partial charge < -0.3 is 17.2 Å². The van der Waals surface area contributed by atoms with E-state index in [0.29, 0.717) is 6.54 Å². The Morgan fingerprint density at radius 3 is 1.54 bits per heavy atom. The molecule has 6 N–H and O–H groups in total. The highest BCUT2D eigenvalue weighted by molar-refractivity contribution is 5.76. The number of hydrogen-bond acceptors (Lipinski definition) is 2. The summed E-state index contributed by atoms with van der Waals surface area (Å²) < 4.78 is 0. The molecule has 5 nitrogen and oxygen atoms in total. The van der Waals surface area contributed by atoms with Gasteiger partial charge in [-0.15, -0.1) is 0 Å². The molecule has 0 aliphatic heterocycles. The molecule has 5 heteroatoms. The number of carbonyl (C=O) groups excluding carboxylic acids is 1. The lowest BCUT2D eigenvalue weighted by atomic mass is 9.94. The minimum Gasteiger partial charge on any atom is -0.370 e. The monoisotopic (exact) mass is 368 g/mol. The number of rotatable bonds is 19. The molecule has 0 radical (unpaired) electrons. The van der Waals surface area contributed by atoms with E-state index in [4.69, 9.17) is 17.2 Å². The Morgan fingerprint density at radius 2 is 1.12 bits per heavy atom. The molecule has 0 aromatic rings. The molecule has 0 saturated carbocycles. The molecule has 0 aliphatic rings. The molecule has 1 unspecified atom stereocenters. The van der Waals surface area contributed by atoms with Crippen molar-refractivity contribution in [1.29, 1.82) is 0 Å². The van der Waals surface area contributed by atoms with Crippen molar-refractivity contribution in [2.24, 2.45) is 28.1 Å². The summed E-state index contributed by atoms with van der Waals surface area (Å²) in [5.41, 5.74) is 16.1. The Morgan fingerprint density at radius 1 is 0.692 bits per heavy atom. The van der Waals surface area contributed by atoms with E-state index in [1.165, 1.54) is 70.6 Å². The fourth-order valence-electron chi connectivity index (χ4n) is 3.37. The van der Waals surface area contributed by atoms with Crippen LogP contribution in [0.2, 0.25) is 0 Å². The lowest BCUT2D eigenvalue weighted by molar-refractivity contribution is -0.122. The van der Waals surface area contributed by atoms with Crippen molar-refractivity contribution in [3.05, 3.63) is 0 Å². The number of aliphatic imine (C=N–C) groups is 1. The quantitative estimate of drug-likeness (QED) is 0.176. The zero-order valence-corrected chi connectivity index (χ0v) is 17.2. The second-order valence-electron chi connectivity index (χ2n) is 7.58. The largest absolute Gasteiger partial charge is 0.370 e. The minimum absolute atomic E-state index is 0.0114. The Labute approximate surface area is 161 Å². The van der Waals surface area contributed by atoms with E-state index >= 15 is 0 Å². The van der Waals surface area contributed by atoms with E-state index in [0.717, 1.165) is 32.1 Å². The lowest BCUT2D eigenvalue weighted by Gasteiger charge is -2.12. The molecule has 0 heterocycles. The number of hydrogen-bond donors (Lipinski definition) is 3. The van der Waals surface area contributed by atoms with Crippen LogP contribution in [0.15, 0.2) is 4.99 Å². The highest BCUT2D eigenvalue weighted by Crippen LogP contribution is 2.18. The Bertz CT molecular complexity index is 354. The van der Waals surface area contributed by atoms with Gasteiger partial charge in [0.2, 0.25) is 5.91 Å². The summed E-state index contributed by atoms with van der Waals surface area (Å²) in [4.78, 5) is 15.5. The van der Waals surface area contributed by atoms with Gasteiger partial charge in [0.05, 0.1) is 0 Å². The first-order valence-corrected chi connectivity index (χ1v) is 10.9. The molecule has 0 aromatic carbocycles. The predicted molar refractivity (Wildman–Crippen MR) is 113 cm³/mol. The Hall–Kier alpha value is -1.26. The van der Waals surface area contributed by atoms with Crippen LogP contribution in [0.1, 0.15) is 110 Å². The number of amides is 1. The molecule has 0 aromatic heterocycles. The highest BCUT2D eigenvalue weighted by atomic mass is 16.1. The van der Waals surface area contributed by atoms with Gasteiger partial charge in [0.15, 0.2) is 5.96 Å². The van der Waals surface area contributed by atoms with Gasteiger partial charge in [0, 0.05) is 12.5 Å². The van der Waals surface area contributed by atoms with Gasteiger partial charge in [-0.05, 0) is 19.3 Å². The molecule has 0 spiro atoms. The Kier molecular flexibility index (Phi) is 17.6. The van der Waals surface area contributed by atoms with Gasteiger partial charge in [-0.25, -0.2) is 0 Å². The molecular formula is C21H44N4O. The molecule has 154 valence electrons. The third kappa shape index (κ3) is 17.6. The number of guanidine groups is 1. The summed E-state index contributed by atoms with van der Waals surface area (Å²) in [5.74, 6) is -0.0137. The van der Waals surface area contributed by atoms with Crippen molar-refractivity contribution < 1.29 is 4.79 Å². The zero-order chi connectivity index (χ0) is 19.5. The van der Waals surface area contributed by atoms with Gasteiger partial charge in [-0.3, -0.25) is 9.79 Å². The minimum atomic E-state index is -0.157. The van der Waals surface area contributed by atoms with Crippen molar-refractivity contribution >= 4 is 11.9 Å². The maximum Gasteiger partial charge on any atom is 0.220 e. The number of nitrogens with zero attached hydrogens (tertiary/aromatic N) is 1. The molecular weight excluding hydrogens is 324 g/mol. The molecule has 0 bridgehead atoms. The molecule has 0 aliphatic carbocycles. The summed E-state index contributed by atoms with van der Waals surface area (Å²) in [6.07, 6.45) is 19.6. The SMILES string of the molecule is CCCCCCCCCCCCCCC(CCCCN=C(N)N)C(N)=O. The maximum absolute atomic E-state index is 11.6. The topological polar surface area (TPSA) is 107 Å². The van der Waals surface area contributed by atoms with Crippen LogP contribution in [-0.2, 0) is 4.79 Å². The first-order valence-electron chi connectivity index (χ1n) is 10.9. The van der Waals surface area contributed by atoms with E-state index in [1.54, 1.807) is 0 Å². The van der Waals surface area contributed by atoms with Crippen molar-refractivity contribution in [2.45, 2.75) is 110 Å². The van der Waals surface area contributed by atoms with Gasteiger partial charge in [0.1, 0.15) is 0 Å². The van der Waals surface area contributed by atoms with E-state index < -0.39 is 0 Å². The van der Waals surface area contributed by atoms with Crippen LogP contribution in [-0.4, -0.2) is 18.4 Å². The second kappa shape index (κ2) is 18.5. The fourth-order valence-corrected chi connectivity index (χ4v) is 3.37. The predicted octanol–water partition coefficient (Wildman–Crippen LogP) is 4.62. The molecule has 0 saturated heterocycles. The second-order valence-corrected chi connectivity index (χ2v) is 7.58. The zero-order valence-electron chi connectivity index (χ0n) is 17.2. The third-order valence-electron chi connectivity index (χ3n) is 5.06. The van der Waals surface area contributed by atoms with Crippen molar-refractivity contribution in [2.75, 3.05) is 6.54 Å². The van der Waals surface area contributed by atoms with E-state index in [-0.39, 0.29) is 17.8 Å². The van der Waals surface area contributed by atoms with Crippen LogP contribution in [0.4, 0.5) is 0 Å². The average Bonchev–Trinajstić information content (AvgIpc) is 2.60. The standard InChI is InChI=1S/C21H44N4O/c1-2-3-4-5-6-7-8-9-10-11-12-13-16-19(20(22)26)17-14-15-18-25-21(23)24/h19H,2-18H2,1H3,(H2,22,26)(H4,23,24,25). The summed E-state index contributed by atoms with van der Waals surface area (Å²) in [7, 11) is 0. The van der Waals surface area contributed by atoms with Crippen molar-refractivity contribution in [3.63, 3.8) is 0 Å². The average molecular weight is 369 g/mol. The Balaban J connectivity index is 3.48. The van der Waals surface area contributed by atoms with E-state index in [2.05, 4.69) is 11.9 Å². The van der Waals surface area contributed by atoms with E-state index in [1.807, 2.05) is 0 Å². The fraction of sp³-hybridized carbons (Fsp3) is 0.905. The lowest BCUT2D eigenvalue weighted by Crippen LogP contribution is -2.24. The van der Waals surface area contributed by atoms with Crippen LogP contribution in [0.3, 0.4) is 0 Å². The first kappa shape index (κ1) is 24.7. The maximum atomic E-state index is 11.6. The first-order chi connectivity index (χ1) is 12.6. The smallest absolute Gasteiger partial charge is 0.220 e. The number of nitrogens with two attached hydrogens (primary N) is 3. The molecule has 1 amide bonds. The molecule has 0 rings (SSSR count). The van der Waals surface area contributed by atoms with Crippen LogP contribution >= 0.6 is 0 Å². The molecule has 0 fully saturated rings. The normalized spacial score (nSPS) is 12.0. The van der Waals surface area contributed by atoms with Gasteiger partial charge in [-0.2, -0.15) is 0 Å². The van der Waals surface area contributed by atoms with Gasteiger partial charge in [0.25, 0.3) is 0 Å².